The van der Waals surface area contributed by atoms with Crippen LogP contribution in [0.2, 0.25) is 0 Å². The van der Waals surface area contributed by atoms with Crippen molar-refractivity contribution in [2.24, 2.45) is 5.92 Å². The Balaban J connectivity index is 1.90. The summed E-state index contributed by atoms with van der Waals surface area (Å²) < 4.78 is 0. The molecule has 1 unspecified atom stereocenters. The Kier molecular flexibility index (Phi) is 4.86. The molecule has 17 heavy (non-hydrogen) atoms. The third-order valence-electron chi connectivity index (χ3n) is 3.34. The third-order valence-corrected chi connectivity index (χ3v) is 4.14. The first kappa shape index (κ1) is 12.9. The van der Waals surface area contributed by atoms with Gasteiger partial charge in [-0.3, -0.25) is 9.88 Å². The number of piperidine rings is 1. The topological polar surface area (TPSA) is 16.1 Å². The predicted molar refractivity (Wildman–Crippen MR) is 75.4 cm³/mol. The third kappa shape index (κ3) is 4.00. The molecule has 1 atom stereocenters. The number of pyridine rings is 1. The zero-order valence-corrected chi connectivity index (χ0v) is 11.7. The Morgan fingerprint density at radius 2 is 2.35 bits per heavy atom. The van der Waals surface area contributed by atoms with Crippen LogP contribution in [0.3, 0.4) is 0 Å². The van der Waals surface area contributed by atoms with Crippen molar-refractivity contribution in [2.45, 2.75) is 26.3 Å². The van der Waals surface area contributed by atoms with Crippen molar-refractivity contribution in [3.8, 4) is 0 Å². The average Bonchev–Trinajstić information content (AvgIpc) is 2.30. The standard InChI is InChI=1S/C14H22N2S/c1-12-5-3-7-14(15-12)10-16-8-4-6-13(9-16)11-17-2/h3,5,7,13H,4,6,8-11H2,1-2H3. The second-order valence-electron chi connectivity index (χ2n) is 4.97. The van der Waals surface area contributed by atoms with Crippen LogP contribution in [0.5, 0.6) is 0 Å². The van der Waals surface area contributed by atoms with Crippen LogP contribution in [0, 0.1) is 12.8 Å². The number of thioether (sulfide) groups is 1. The van der Waals surface area contributed by atoms with Crippen molar-refractivity contribution < 1.29 is 0 Å². The van der Waals surface area contributed by atoms with Crippen molar-refractivity contribution in [1.29, 1.82) is 0 Å². The van der Waals surface area contributed by atoms with Gasteiger partial charge in [-0.05, 0) is 56.4 Å². The van der Waals surface area contributed by atoms with E-state index in [0.717, 1.165) is 18.2 Å². The molecular weight excluding hydrogens is 228 g/mol. The number of rotatable bonds is 4. The summed E-state index contributed by atoms with van der Waals surface area (Å²) in [4.78, 5) is 7.15. The van der Waals surface area contributed by atoms with E-state index < -0.39 is 0 Å². The summed E-state index contributed by atoms with van der Waals surface area (Å²) in [5.74, 6) is 2.18. The number of hydrogen-bond donors (Lipinski definition) is 0. The minimum atomic E-state index is 0.878. The summed E-state index contributed by atoms with van der Waals surface area (Å²) in [7, 11) is 0. The van der Waals surface area contributed by atoms with Crippen LogP contribution in [-0.2, 0) is 6.54 Å². The maximum atomic E-state index is 4.59. The minimum Gasteiger partial charge on any atom is -0.297 e. The van der Waals surface area contributed by atoms with Gasteiger partial charge in [-0.1, -0.05) is 6.07 Å². The zero-order chi connectivity index (χ0) is 12.1. The maximum absolute atomic E-state index is 4.59. The Hall–Kier alpha value is -0.540. The molecule has 94 valence electrons. The molecule has 1 saturated heterocycles. The number of aryl methyl sites for hydroxylation is 1. The highest BCUT2D eigenvalue weighted by Crippen LogP contribution is 2.20. The molecule has 1 aromatic heterocycles. The largest absolute Gasteiger partial charge is 0.297 e. The first-order chi connectivity index (χ1) is 8.28. The molecule has 3 heteroatoms. The normalized spacial score (nSPS) is 21.6. The van der Waals surface area contributed by atoms with E-state index in [1.807, 2.05) is 11.8 Å². The highest BCUT2D eigenvalue weighted by atomic mass is 32.2. The van der Waals surface area contributed by atoms with Crippen molar-refractivity contribution >= 4 is 11.8 Å². The summed E-state index contributed by atoms with van der Waals surface area (Å²) in [6.45, 7) is 5.57. The predicted octanol–water partition coefficient (Wildman–Crippen LogP) is 2.97. The molecule has 0 amide bonds. The second kappa shape index (κ2) is 6.41. The van der Waals surface area contributed by atoms with Gasteiger partial charge in [-0.15, -0.1) is 0 Å². The van der Waals surface area contributed by atoms with Crippen LogP contribution >= 0.6 is 11.8 Å². The fourth-order valence-electron chi connectivity index (χ4n) is 2.58. The first-order valence-electron chi connectivity index (χ1n) is 6.42. The lowest BCUT2D eigenvalue weighted by Gasteiger charge is -2.32. The van der Waals surface area contributed by atoms with Crippen LogP contribution in [0.25, 0.3) is 0 Å². The van der Waals surface area contributed by atoms with Crippen LogP contribution in [0.15, 0.2) is 18.2 Å². The molecule has 1 aliphatic rings. The van der Waals surface area contributed by atoms with Gasteiger partial charge in [0.15, 0.2) is 0 Å². The van der Waals surface area contributed by atoms with E-state index in [1.165, 1.54) is 37.4 Å². The lowest BCUT2D eigenvalue weighted by molar-refractivity contribution is 0.177. The quantitative estimate of drug-likeness (QED) is 0.817. The molecule has 0 radical (unpaired) electrons. The average molecular weight is 250 g/mol. The SMILES string of the molecule is CSCC1CCCN(Cc2cccc(C)n2)C1. The van der Waals surface area contributed by atoms with Gasteiger partial charge in [-0.2, -0.15) is 11.8 Å². The minimum absolute atomic E-state index is 0.878. The first-order valence-corrected chi connectivity index (χ1v) is 7.81. The fourth-order valence-corrected chi connectivity index (χ4v) is 3.33. The van der Waals surface area contributed by atoms with Gasteiger partial charge in [0.25, 0.3) is 0 Å². The number of hydrogen-bond acceptors (Lipinski definition) is 3. The van der Waals surface area contributed by atoms with E-state index in [1.54, 1.807) is 0 Å². The molecule has 1 fully saturated rings. The van der Waals surface area contributed by atoms with Crippen molar-refractivity contribution in [1.82, 2.24) is 9.88 Å². The highest BCUT2D eigenvalue weighted by molar-refractivity contribution is 7.98. The summed E-state index contributed by atoms with van der Waals surface area (Å²) in [6.07, 6.45) is 4.96. The van der Waals surface area contributed by atoms with Crippen molar-refractivity contribution in [3.05, 3.63) is 29.6 Å². The summed E-state index contributed by atoms with van der Waals surface area (Å²) >= 11 is 1.98. The van der Waals surface area contributed by atoms with Crippen molar-refractivity contribution in [2.75, 3.05) is 25.1 Å². The van der Waals surface area contributed by atoms with Gasteiger partial charge in [-0.25, -0.2) is 0 Å². The molecule has 0 aliphatic carbocycles. The second-order valence-corrected chi connectivity index (χ2v) is 5.88. The number of likely N-dealkylation sites (tertiary alicyclic amines) is 1. The Morgan fingerprint density at radius 1 is 1.47 bits per heavy atom. The highest BCUT2D eigenvalue weighted by Gasteiger charge is 2.19. The van der Waals surface area contributed by atoms with E-state index in [-0.39, 0.29) is 0 Å². The van der Waals surface area contributed by atoms with Crippen molar-refractivity contribution in [3.63, 3.8) is 0 Å². The number of aromatic nitrogens is 1. The Bertz CT molecular complexity index is 352. The number of nitrogens with zero attached hydrogens (tertiary/aromatic N) is 2. The summed E-state index contributed by atoms with van der Waals surface area (Å²) in [5, 5.41) is 0. The molecule has 0 N–H and O–H groups in total. The van der Waals surface area contributed by atoms with Gasteiger partial charge >= 0.3 is 0 Å². The zero-order valence-electron chi connectivity index (χ0n) is 10.9. The van der Waals surface area contributed by atoms with Gasteiger partial charge in [0.05, 0.1) is 5.69 Å². The monoisotopic (exact) mass is 250 g/mol. The van der Waals surface area contributed by atoms with Crippen LogP contribution in [-0.4, -0.2) is 35.0 Å². The molecule has 0 bridgehead atoms. The molecule has 0 spiro atoms. The van der Waals surface area contributed by atoms with Gasteiger partial charge < -0.3 is 0 Å². The smallest absolute Gasteiger partial charge is 0.0547 e. The van der Waals surface area contributed by atoms with E-state index in [9.17, 15) is 0 Å². The molecule has 1 aliphatic heterocycles. The molecule has 2 rings (SSSR count). The lowest BCUT2D eigenvalue weighted by atomic mass is 10.00. The van der Waals surface area contributed by atoms with E-state index in [2.05, 4.69) is 41.3 Å². The van der Waals surface area contributed by atoms with Crippen LogP contribution < -0.4 is 0 Å². The van der Waals surface area contributed by atoms with E-state index >= 15 is 0 Å². The molecule has 0 aromatic carbocycles. The maximum Gasteiger partial charge on any atom is 0.0547 e. The van der Waals surface area contributed by atoms with Gasteiger partial charge in [0.2, 0.25) is 0 Å². The van der Waals surface area contributed by atoms with Gasteiger partial charge in [0.1, 0.15) is 0 Å². The summed E-state index contributed by atoms with van der Waals surface area (Å²) in [5.41, 5.74) is 2.34. The van der Waals surface area contributed by atoms with Crippen LogP contribution in [0.1, 0.15) is 24.2 Å². The molecule has 2 nitrogen and oxygen atoms in total. The van der Waals surface area contributed by atoms with Crippen LogP contribution in [0.4, 0.5) is 0 Å². The Labute approximate surface area is 109 Å². The van der Waals surface area contributed by atoms with Gasteiger partial charge in [0, 0.05) is 18.8 Å². The molecule has 2 heterocycles. The Morgan fingerprint density at radius 3 is 3.12 bits per heavy atom. The van der Waals surface area contributed by atoms with E-state index in [0.29, 0.717) is 0 Å². The lowest BCUT2D eigenvalue weighted by Crippen LogP contribution is -2.36. The molecule has 0 saturated carbocycles. The summed E-state index contributed by atoms with van der Waals surface area (Å²) in [6, 6.07) is 6.32. The molecule has 1 aromatic rings. The van der Waals surface area contributed by atoms with E-state index in [4.69, 9.17) is 0 Å². The molecular formula is C14H22N2S. The fraction of sp³-hybridized carbons (Fsp3) is 0.643.